The van der Waals surface area contributed by atoms with Gasteiger partial charge in [0.2, 0.25) is 0 Å². The average Bonchev–Trinajstić information content (AvgIpc) is 2.03. The van der Waals surface area contributed by atoms with Crippen molar-refractivity contribution in [2.24, 2.45) is 0 Å². The molecule has 70 valence electrons. The molecule has 0 unspecified atom stereocenters. The summed E-state index contributed by atoms with van der Waals surface area (Å²) in [7, 11) is 0. The lowest BCUT2D eigenvalue weighted by Gasteiger charge is -2.17. The molecule has 1 aromatic rings. The lowest BCUT2D eigenvalue weighted by molar-refractivity contribution is -0.111. The van der Waals surface area contributed by atoms with E-state index in [4.69, 9.17) is 0 Å². The van der Waals surface area contributed by atoms with Crippen LogP contribution in [-0.4, -0.2) is 6.29 Å². The predicted octanol–water partition coefficient (Wildman–Crippen LogP) is 2.44. The van der Waals surface area contributed by atoms with E-state index in [1.165, 1.54) is 6.07 Å². The molecule has 3 heteroatoms. The molecular weight excluding hydrogens is 174 g/mol. The second-order valence-corrected chi connectivity index (χ2v) is 3.46. The first-order valence-electron chi connectivity index (χ1n) is 3.89. The van der Waals surface area contributed by atoms with Crippen LogP contribution in [0.25, 0.3) is 0 Å². The maximum Gasteiger partial charge on any atom is 0.130 e. The lowest BCUT2D eigenvalue weighted by Crippen LogP contribution is -2.20. The molecule has 0 aliphatic rings. The van der Waals surface area contributed by atoms with Crippen LogP contribution in [0, 0.1) is 11.6 Å². The molecular formula is C10H10F2O. The largest absolute Gasteiger partial charge is 0.302 e. The zero-order chi connectivity index (χ0) is 10.1. The van der Waals surface area contributed by atoms with Crippen LogP contribution >= 0.6 is 0 Å². The summed E-state index contributed by atoms with van der Waals surface area (Å²) in [6.45, 7) is 3.16. The number of hydrogen-bond donors (Lipinski definition) is 0. The van der Waals surface area contributed by atoms with E-state index in [9.17, 15) is 13.6 Å². The van der Waals surface area contributed by atoms with E-state index in [0.717, 1.165) is 12.1 Å². The number of hydrogen-bond acceptors (Lipinski definition) is 1. The van der Waals surface area contributed by atoms with Crippen molar-refractivity contribution in [2.75, 3.05) is 0 Å². The van der Waals surface area contributed by atoms with Crippen molar-refractivity contribution >= 4 is 6.29 Å². The molecule has 0 heterocycles. The maximum absolute atomic E-state index is 13.1. The van der Waals surface area contributed by atoms with Crippen LogP contribution < -0.4 is 0 Å². The molecule has 0 saturated heterocycles. The van der Waals surface area contributed by atoms with Crippen LogP contribution in [0.3, 0.4) is 0 Å². The molecule has 0 radical (unpaired) electrons. The third-order valence-electron chi connectivity index (χ3n) is 1.92. The number of carbonyl (C=O) groups is 1. The van der Waals surface area contributed by atoms with Crippen molar-refractivity contribution in [1.29, 1.82) is 0 Å². The number of rotatable bonds is 2. The number of aldehydes is 1. The Hall–Kier alpha value is -1.25. The highest BCUT2D eigenvalue weighted by atomic mass is 19.1. The molecule has 1 nitrogen and oxygen atoms in total. The summed E-state index contributed by atoms with van der Waals surface area (Å²) in [5.74, 6) is -1.32. The highest BCUT2D eigenvalue weighted by Gasteiger charge is 2.23. The van der Waals surface area contributed by atoms with Gasteiger partial charge in [0.1, 0.15) is 17.9 Å². The van der Waals surface area contributed by atoms with Gasteiger partial charge in [0.15, 0.2) is 0 Å². The standard InChI is InChI=1S/C10H10F2O/c1-10(2,6-13)8-4-3-7(11)5-9(8)12/h3-6H,1-2H3. The molecule has 0 saturated carbocycles. The summed E-state index contributed by atoms with van der Waals surface area (Å²) in [5, 5.41) is 0. The van der Waals surface area contributed by atoms with E-state index in [-0.39, 0.29) is 5.56 Å². The minimum absolute atomic E-state index is 0.212. The van der Waals surface area contributed by atoms with Gasteiger partial charge in [-0.15, -0.1) is 0 Å². The van der Waals surface area contributed by atoms with Gasteiger partial charge in [-0.2, -0.15) is 0 Å². The Balaban J connectivity index is 3.23. The van der Waals surface area contributed by atoms with E-state index < -0.39 is 17.0 Å². The van der Waals surface area contributed by atoms with E-state index in [2.05, 4.69) is 0 Å². The molecule has 0 bridgehead atoms. The molecule has 13 heavy (non-hydrogen) atoms. The third kappa shape index (κ3) is 1.91. The van der Waals surface area contributed by atoms with Gasteiger partial charge in [0, 0.05) is 17.0 Å². The first kappa shape index (κ1) is 9.84. The molecule has 0 fully saturated rings. The van der Waals surface area contributed by atoms with Crippen molar-refractivity contribution in [3.63, 3.8) is 0 Å². The first-order chi connectivity index (χ1) is 5.97. The second-order valence-electron chi connectivity index (χ2n) is 3.46. The molecule has 0 aromatic heterocycles. The van der Waals surface area contributed by atoms with Gasteiger partial charge in [-0.1, -0.05) is 6.07 Å². The number of halogens is 2. The first-order valence-corrected chi connectivity index (χ1v) is 3.89. The summed E-state index contributed by atoms with van der Waals surface area (Å²) in [6.07, 6.45) is 0.642. The van der Waals surface area contributed by atoms with Crippen LogP contribution in [0.5, 0.6) is 0 Å². The van der Waals surface area contributed by atoms with E-state index >= 15 is 0 Å². The van der Waals surface area contributed by atoms with Crippen LogP contribution in [0.1, 0.15) is 19.4 Å². The minimum atomic E-state index is -0.905. The summed E-state index contributed by atoms with van der Waals surface area (Å²) in [6, 6.07) is 3.21. The summed E-state index contributed by atoms with van der Waals surface area (Å²) in [5.41, 5.74) is -0.693. The quantitative estimate of drug-likeness (QED) is 0.645. The van der Waals surface area contributed by atoms with Gasteiger partial charge >= 0.3 is 0 Å². The van der Waals surface area contributed by atoms with Gasteiger partial charge in [0.05, 0.1) is 0 Å². The zero-order valence-electron chi connectivity index (χ0n) is 7.47. The Bertz CT molecular complexity index is 332. The van der Waals surface area contributed by atoms with Gasteiger partial charge in [-0.05, 0) is 19.9 Å². The van der Waals surface area contributed by atoms with Gasteiger partial charge in [-0.25, -0.2) is 8.78 Å². The fraction of sp³-hybridized carbons (Fsp3) is 0.300. The maximum atomic E-state index is 13.1. The Morgan fingerprint density at radius 3 is 2.38 bits per heavy atom. The summed E-state index contributed by atoms with van der Waals surface area (Å²) in [4.78, 5) is 10.6. The van der Waals surface area contributed by atoms with E-state index in [0.29, 0.717) is 6.29 Å². The van der Waals surface area contributed by atoms with Crippen LogP contribution in [0.4, 0.5) is 8.78 Å². The second kappa shape index (κ2) is 3.24. The molecule has 1 aromatic carbocycles. The Morgan fingerprint density at radius 1 is 1.31 bits per heavy atom. The van der Waals surface area contributed by atoms with Crippen LogP contribution in [0.2, 0.25) is 0 Å². The molecule has 0 aliphatic carbocycles. The predicted molar refractivity (Wildman–Crippen MR) is 45.4 cm³/mol. The normalized spacial score (nSPS) is 11.4. The smallest absolute Gasteiger partial charge is 0.130 e. The van der Waals surface area contributed by atoms with Gasteiger partial charge in [0.25, 0.3) is 0 Å². The van der Waals surface area contributed by atoms with E-state index in [1.807, 2.05) is 0 Å². The SMILES string of the molecule is CC(C)(C=O)c1ccc(F)cc1F. The molecule has 0 atom stereocenters. The zero-order valence-corrected chi connectivity index (χ0v) is 7.47. The van der Waals surface area contributed by atoms with Crippen molar-refractivity contribution in [3.05, 3.63) is 35.4 Å². The average molecular weight is 184 g/mol. The highest BCUT2D eigenvalue weighted by molar-refractivity contribution is 5.67. The summed E-state index contributed by atoms with van der Waals surface area (Å²) < 4.78 is 25.6. The van der Waals surface area contributed by atoms with Crippen molar-refractivity contribution in [3.8, 4) is 0 Å². The lowest BCUT2D eigenvalue weighted by atomic mass is 9.86. The Labute approximate surface area is 75.4 Å². The third-order valence-corrected chi connectivity index (χ3v) is 1.92. The van der Waals surface area contributed by atoms with Gasteiger partial charge < -0.3 is 4.79 Å². The van der Waals surface area contributed by atoms with Gasteiger partial charge in [-0.3, -0.25) is 0 Å². The van der Waals surface area contributed by atoms with Crippen molar-refractivity contribution in [1.82, 2.24) is 0 Å². The monoisotopic (exact) mass is 184 g/mol. The molecule has 0 spiro atoms. The highest BCUT2D eigenvalue weighted by Crippen LogP contribution is 2.23. The topological polar surface area (TPSA) is 17.1 Å². The van der Waals surface area contributed by atoms with Crippen LogP contribution in [0.15, 0.2) is 18.2 Å². The molecule has 1 rings (SSSR count). The molecule has 0 N–H and O–H groups in total. The minimum Gasteiger partial charge on any atom is -0.302 e. The fourth-order valence-electron chi connectivity index (χ4n) is 1.08. The van der Waals surface area contributed by atoms with E-state index in [1.54, 1.807) is 13.8 Å². The Kier molecular flexibility index (Phi) is 2.45. The number of carbonyl (C=O) groups excluding carboxylic acids is 1. The molecule has 0 amide bonds. The van der Waals surface area contributed by atoms with Crippen molar-refractivity contribution < 1.29 is 13.6 Å². The molecule has 0 aliphatic heterocycles. The Morgan fingerprint density at radius 2 is 1.92 bits per heavy atom. The van der Waals surface area contributed by atoms with Crippen LogP contribution in [-0.2, 0) is 10.2 Å². The van der Waals surface area contributed by atoms with Crippen molar-refractivity contribution in [2.45, 2.75) is 19.3 Å². The summed E-state index contributed by atoms with van der Waals surface area (Å²) >= 11 is 0. The number of benzene rings is 1. The fourth-order valence-corrected chi connectivity index (χ4v) is 1.08.